The number of benzene rings is 1. The molecule has 2 atom stereocenters. The van der Waals surface area contributed by atoms with E-state index in [4.69, 9.17) is 40.5 Å². The SMILES string of the molecule is C[C@H](N)[C@@H](O)c1cc(Cl)c(Cl)c(Cl)c1. The van der Waals surface area contributed by atoms with Crippen LogP contribution in [0.1, 0.15) is 18.6 Å². The van der Waals surface area contributed by atoms with Crippen LogP contribution < -0.4 is 5.73 Å². The molecule has 0 saturated heterocycles. The molecular formula is C9H10Cl3NO. The van der Waals surface area contributed by atoms with Crippen LogP contribution in [0.25, 0.3) is 0 Å². The highest BCUT2D eigenvalue weighted by Gasteiger charge is 2.15. The van der Waals surface area contributed by atoms with Crippen molar-refractivity contribution in [2.75, 3.05) is 0 Å². The van der Waals surface area contributed by atoms with Crippen LogP contribution in [0, 0.1) is 0 Å². The van der Waals surface area contributed by atoms with Crippen LogP contribution in [-0.2, 0) is 0 Å². The lowest BCUT2D eigenvalue weighted by molar-refractivity contribution is 0.153. The number of rotatable bonds is 2. The monoisotopic (exact) mass is 253 g/mol. The third kappa shape index (κ3) is 2.53. The molecular weight excluding hydrogens is 244 g/mol. The first kappa shape index (κ1) is 12.1. The normalized spacial score (nSPS) is 15.3. The van der Waals surface area contributed by atoms with E-state index in [-0.39, 0.29) is 11.1 Å². The van der Waals surface area contributed by atoms with Gasteiger partial charge in [0.15, 0.2) is 0 Å². The molecule has 0 unspecified atom stereocenters. The van der Waals surface area contributed by atoms with Crippen molar-refractivity contribution in [1.82, 2.24) is 0 Å². The van der Waals surface area contributed by atoms with E-state index in [9.17, 15) is 5.11 Å². The molecule has 78 valence electrons. The van der Waals surface area contributed by atoms with E-state index in [0.717, 1.165) is 0 Å². The molecule has 1 rings (SSSR count). The van der Waals surface area contributed by atoms with Gasteiger partial charge in [0, 0.05) is 6.04 Å². The molecule has 3 N–H and O–H groups in total. The van der Waals surface area contributed by atoms with Crippen LogP contribution in [0.3, 0.4) is 0 Å². The average Bonchev–Trinajstić information content (AvgIpc) is 2.12. The molecule has 14 heavy (non-hydrogen) atoms. The summed E-state index contributed by atoms with van der Waals surface area (Å²) < 4.78 is 0. The summed E-state index contributed by atoms with van der Waals surface area (Å²) in [6.07, 6.45) is -0.790. The zero-order valence-electron chi connectivity index (χ0n) is 7.47. The second-order valence-corrected chi connectivity index (χ2v) is 4.29. The fourth-order valence-electron chi connectivity index (χ4n) is 1.05. The highest BCUT2D eigenvalue weighted by atomic mass is 35.5. The molecule has 0 heterocycles. The van der Waals surface area contributed by atoms with Crippen LogP contribution in [0.15, 0.2) is 12.1 Å². The molecule has 0 radical (unpaired) electrons. The summed E-state index contributed by atoms with van der Waals surface area (Å²) in [7, 11) is 0. The van der Waals surface area contributed by atoms with E-state index in [1.165, 1.54) is 0 Å². The zero-order valence-corrected chi connectivity index (χ0v) is 9.74. The fourth-order valence-corrected chi connectivity index (χ4v) is 1.66. The van der Waals surface area contributed by atoms with Crippen molar-refractivity contribution in [3.05, 3.63) is 32.8 Å². The number of aliphatic hydroxyl groups is 1. The third-order valence-corrected chi connectivity index (χ3v) is 3.04. The van der Waals surface area contributed by atoms with Gasteiger partial charge in [-0.1, -0.05) is 34.8 Å². The lowest BCUT2D eigenvalue weighted by atomic mass is 10.0. The molecule has 0 bridgehead atoms. The third-order valence-electron chi connectivity index (χ3n) is 1.85. The minimum Gasteiger partial charge on any atom is -0.387 e. The Labute approximate surface area is 97.6 Å². The van der Waals surface area contributed by atoms with Gasteiger partial charge in [-0.3, -0.25) is 0 Å². The molecule has 1 aromatic rings. The first-order chi connectivity index (χ1) is 6.43. The van der Waals surface area contributed by atoms with Crippen LogP contribution >= 0.6 is 34.8 Å². The van der Waals surface area contributed by atoms with Crippen molar-refractivity contribution in [1.29, 1.82) is 0 Å². The molecule has 2 nitrogen and oxygen atoms in total. The van der Waals surface area contributed by atoms with E-state index in [1.54, 1.807) is 19.1 Å². The number of nitrogens with two attached hydrogens (primary N) is 1. The van der Waals surface area contributed by atoms with Crippen LogP contribution in [0.4, 0.5) is 0 Å². The van der Waals surface area contributed by atoms with Crippen molar-refractivity contribution in [2.45, 2.75) is 19.1 Å². The predicted octanol–water partition coefficient (Wildman–Crippen LogP) is 3.03. The van der Waals surface area contributed by atoms with E-state index in [1.807, 2.05) is 0 Å². The van der Waals surface area contributed by atoms with E-state index < -0.39 is 6.10 Å². The quantitative estimate of drug-likeness (QED) is 0.797. The minimum atomic E-state index is -0.790. The molecule has 1 aromatic carbocycles. The van der Waals surface area contributed by atoms with Crippen molar-refractivity contribution in [2.24, 2.45) is 5.73 Å². The van der Waals surface area contributed by atoms with Gasteiger partial charge in [0.2, 0.25) is 0 Å². The Morgan fingerprint density at radius 3 is 2.00 bits per heavy atom. The Morgan fingerprint density at radius 2 is 1.64 bits per heavy atom. The van der Waals surface area contributed by atoms with Gasteiger partial charge in [-0.2, -0.15) is 0 Å². The topological polar surface area (TPSA) is 46.2 Å². The molecule has 5 heteroatoms. The Hall–Kier alpha value is 0.01000. The molecule has 0 amide bonds. The van der Waals surface area contributed by atoms with Crippen LogP contribution in [0.2, 0.25) is 15.1 Å². The van der Waals surface area contributed by atoms with Gasteiger partial charge in [0.1, 0.15) is 0 Å². The van der Waals surface area contributed by atoms with Gasteiger partial charge < -0.3 is 10.8 Å². The van der Waals surface area contributed by atoms with Crippen molar-refractivity contribution in [3.8, 4) is 0 Å². The zero-order chi connectivity index (χ0) is 10.9. The van der Waals surface area contributed by atoms with Gasteiger partial charge in [0.25, 0.3) is 0 Å². The standard InChI is InChI=1S/C9H10Cl3NO/c1-4(13)9(14)5-2-6(10)8(12)7(11)3-5/h2-4,9,14H,13H2,1H3/t4-,9+/m0/s1. The summed E-state index contributed by atoms with van der Waals surface area (Å²) in [6.45, 7) is 1.70. The lowest BCUT2D eigenvalue weighted by Crippen LogP contribution is -2.24. The predicted molar refractivity (Wildman–Crippen MR) is 60.1 cm³/mol. The van der Waals surface area contributed by atoms with Crippen LogP contribution in [0.5, 0.6) is 0 Å². The van der Waals surface area contributed by atoms with Crippen molar-refractivity contribution in [3.63, 3.8) is 0 Å². The fraction of sp³-hybridized carbons (Fsp3) is 0.333. The molecule has 0 aromatic heterocycles. The Morgan fingerprint density at radius 1 is 1.21 bits per heavy atom. The highest BCUT2D eigenvalue weighted by molar-refractivity contribution is 6.48. The van der Waals surface area contributed by atoms with E-state index >= 15 is 0 Å². The van der Waals surface area contributed by atoms with Gasteiger partial charge >= 0.3 is 0 Å². The number of hydrogen-bond donors (Lipinski definition) is 2. The first-order valence-electron chi connectivity index (χ1n) is 4.01. The summed E-state index contributed by atoms with van der Waals surface area (Å²) in [4.78, 5) is 0. The minimum absolute atomic E-state index is 0.286. The number of halogens is 3. The maximum Gasteiger partial charge on any atom is 0.0939 e. The first-order valence-corrected chi connectivity index (χ1v) is 5.15. The molecule has 0 spiro atoms. The Balaban J connectivity index is 3.12. The van der Waals surface area contributed by atoms with Crippen molar-refractivity contribution >= 4 is 34.8 Å². The van der Waals surface area contributed by atoms with Gasteiger partial charge in [-0.25, -0.2) is 0 Å². The summed E-state index contributed by atoms with van der Waals surface area (Å²) >= 11 is 17.4. The summed E-state index contributed by atoms with van der Waals surface area (Å²) in [5.74, 6) is 0. The molecule has 0 aliphatic carbocycles. The molecule has 0 saturated carbocycles. The van der Waals surface area contributed by atoms with Crippen molar-refractivity contribution < 1.29 is 5.11 Å². The number of hydrogen-bond acceptors (Lipinski definition) is 2. The van der Waals surface area contributed by atoms with Crippen LogP contribution in [-0.4, -0.2) is 11.1 Å². The van der Waals surface area contributed by atoms with E-state index in [2.05, 4.69) is 0 Å². The maximum atomic E-state index is 9.65. The summed E-state index contributed by atoms with van der Waals surface area (Å²) in [6, 6.07) is 2.73. The summed E-state index contributed by atoms with van der Waals surface area (Å²) in [5, 5.41) is 10.6. The summed E-state index contributed by atoms with van der Waals surface area (Å²) in [5.41, 5.74) is 6.11. The highest BCUT2D eigenvalue weighted by Crippen LogP contribution is 2.33. The smallest absolute Gasteiger partial charge is 0.0939 e. The molecule has 0 fully saturated rings. The van der Waals surface area contributed by atoms with Gasteiger partial charge in [-0.15, -0.1) is 0 Å². The second-order valence-electron chi connectivity index (χ2n) is 3.10. The largest absolute Gasteiger partial charge is 0.387 e. The molecule has 0 aliphatic heterocycles. The lowest BCUT2D eigenvalue weighted by Gasteiger charge is -2.15. The van der Waals surface area contributed by atoms with Gasteiger partial charge in [-0.05, 0) is 24.6 Å². The van der Waals surface area contributed by atoms with E-state index in [0.29, 0.717) is 15.6 Å². The number of aliphatic hydroxyl groups excluding tert-OH is 1. The Bertz CT molecular complexity index is 318. The maximum absolute atomic E-state index is 9.65. The second kappa shape index (κ2) is 4.69. The van der Waals surface area contributed by atoms with Gasteiger partial charge in [0.05, 0.1) is 21.2 Å². The molecule has 0 aliphatic rings. The average molecular weight is 255 g/mol. The Kier molecular flexibility index (Phi) is 4.04.